The molecule has 1 aliphatic carbocycles. The molecule has 0 radical (unpaired) electrons. The van der Waals surface area contributed by atoms with Crippen LogP contribution in [0.2, 0.25) is 0 Å². The number of imidazole rings is 1. The molecule has 0 aliphatic heterocycles. The molecule has 5 N–H and O–H groups in total. The average molecular weight is 598 g/mol. The zero-order valence-corrected chi connectivity index (χ0v) is 25.7. The van der Waals surface area contributed by atoms with E-state index in [-0.39, 0.29) is 49.2 Å². The van der Waals surface area contributed by atoms with Gasteiger partial charge in [-0.1, -0.05) is 103 Å². The van der Waals surface area contributed by atoms with Crippen LogP contribution in [0.5, 0.6) is 0 Å². The fraction of sp³-hybridized carbons (Fsp3) is 0.828. The molecular weight excluding hydrogens is 545 g/mol. The molecule has 1 aliphatic rings. The maximum atomic E-state index is 12.3. The van der Waals surface area contributed by atoms with E-state index in [4.69, 9.17) is 14.8 Å². The summed E-state index contributed by atoms with van der Waals surface area (Å²) in [5, 5.41) is 9.94. The first-order valence-corrected chi connectivity index (χ1v) is 17.3. The van der Waals surface area contributed by atoms with Crippen LogP contribution in [0.3, 0.4) is 0 Å². The molecule has 0 aromatic carbocycles. The van der Waals surface area contributed by atoms with Gasteiger partial charge in [-0.2, -0.15) is 4.98 Å². The number of aliphatic hydroxyl groups is 1. The van der Waals surface area contributed by atoms with Gasteiger partial charge in [0.1, 0.15) is 0 Å². The van der Waals surface area contributed by atoms with E-state index in [0.717, 1.165) is 19.3 Å². The normalized spacial score (nSPS) is 20.3. The summed E-state index contributed by atoms with van der Waals surface area (Å²) >= 11 is 0. The van der Waals surface area contributed by atoms with Crippen molar-refractivity contribution in [1.29, 1.82) is 0 Å². The lowest BCUT2D eigenvalue weighted by Crippen LogP contribution is -2.42. The molecule has 2 aromatic heterocycles. The van der Waals surface area contributed by atoms with Crippen molar-refractivity contribution in [3.8, 4) is 0 Å². The lowest BCUT2D eigenvalue weighted by Gasteiger charge is -2.44. The average Bonchev–Trinajstić information content (AvgIpc) is 3.33. The summed E-state index contributed by atoms with van der Waals surface area (Å²) in [5.41, 5.74) is 5.78. The van der Waals surface area contributed by atoms with Gasteiger partial charge in [0.05, 0.1) is 19.5 Å². The predicted molar refractivity (Wildman–Crippen MR) is 162 cm³/mol. The third-order valence-electron chi connectivity index (χ3n) is 8.37. The molecular formula is C29H52N5O6P. The number of fused-ring (bicyclic) bond motifs is 1. The van der Waals surface area contributed by atoms with Crippen LogP contribution >= 0.6 is 7.82 Å². The Bertz CT molecular complexity index is 1120. The smallest absolute Gasteiger partial charge is 0.396 e. The topological polar surface area (TPSA) is 166 Å². The second-order valence-electron chi connectivity index (χ2n) is 11.6. The summed E-state index contributed by atoms with van der Waals surface area (Å²) in [6, 6.07) is -0.170. The minimum absolute atomic E-state index is 0.00273. The largest absolute Gasteiger partial charge is 0.472 e. The number of nitrogen functional groups attached to an aromatic ring is 1. The lowest BCUT2D eigenvalue weighted by molar-refractivity contribution is -0.00810. The van der Waals surface area contributed by atoms with Gasteiger partial charge in [0.25, 0.3) is 5.56 Å². The third kappa shape index (κ3) is 11.1. The minimum atomic E-state index is -4.16. The molecule has 2 heterocycles. The Hall–Kier alpha value is -1.78. The minimum Gasteiger partial charge on any atom is -0.396 e. The Morgan fingerprint density at radius 3 is 2.10 bits per heavy atom. The van der Waals surface area contributed by atoms with E-state index in [0.29, 0.717) is 12.1 Å². The Morgan fingerprint density at radius 1 is 0.976 bits per heavy atom. The summed E-state index contributed by atoms with van der Waals surface area (Å²) in [6.07, 6.45) is 22.3. The second kappa shape index (κ2) is 18.0. The van der Waals surface area contributed by atoms with Crippen LogP contribution in [0.15, 0.2) is 11.1 Å². The summed E-state index contributed by atoms with van der Waals surface area (Å²) < 4.78 is 24.5. The second-order valence-corrected chi connectivity index (χ2v) is 13.0. The highest BCUT2D eigenvalue weighted by molar-refractivity contribution is 7.47. The number of rotatable bonds is 23. The molecule has 1 saturated carbocycles. The molecule has 2 aromatic rings. The first-order valence-electron chi connectivity index (χ1n) is 15.8. The highest BCUT2D eigenvalue weighted by Crippen LogP contribution is 2.49. The maximum absolute atomic E-state index is 12.3. The molecule has 11 nitrogen and oxygen atoms in total. The Balaban J connectivity index is 1.20. The SMILES string of the molecule is CCCCCCCCCCCCCCCCCCOP(=O)(O)OCC1CC(n2cnc3c(=O)[nH]c(N)nc32)C1CO. The fourth-order valence-corrected chi connectivity index (χ4v) is 6.62. The number of nitrogens with two attached hydrogens (primary N) is 1. The zero-order chi connectivity index (χ0) is 29.5. The molecule has 3 rings (SSSR count). The number of hydrogen-bond donors (Lipinski definition) is 4. The molecule has 1 fully saturated rings. The molecule has 12 heteroatoms. The van der Waals surface area contributed by atoms with Crippen LogP contribution in [0, 0.1) is 11.8 Å². The van der Waals surface area contributed by atoms with Crippen LogP contribution < -0.4 is 11.3 Å². The number of nitrogens with one attached hydrogen (secondary N) is 1. The van der Waals surface area contributed by atoms with E-state index >= 15 is 0 Å². The van der Waals surface area contributed by atoms with Crippen molar-refractivity contribution >= 4 is 24.9 Å². The van der Waals surface area contributed by atoms with Crippen LogP contribution in [-0.4, -0.2) is 49.3 Å². The molecule has 4 atom stereocenters. The number of anilines is 1. The van der Waals surface area contributed by atoms with Gasteiger partial charge in [-0.3, -0.25) is 18.8 Å². The number of hydrogen-bond acceptors (Lipinski definition) is 8. The van der Waals surface area contributed by atoms with Crippen molar-refractivity contribution < 1.29 is 23.6 Å². The van der Waals surface area contributed by atoms with Crippen molar-refractivity contribution in [3.63, 3.8) is 0 Å². The Kier molecular flexibility index (Phi) is 14.8. The number of phosphoric ester groups is 1. The van der Waals surface area contributed by atoms with Crippen molar-refractivity contribution in [2.75, 3.05) is 25.6 Å². The number of H-pyrrole nitrogens is 1. The summed E-state index contributed by atoms with van der Waals surface area (Å²) in [4.78, 5) is 32.8. The van der Waals surface area contributed by atoms with Gasteiger partial charge in [0.15, 0.2) is 11.2 Å². The molecule has 234 valence electrons. The number of unbranched alkanes of at least 4 members (excludes halogenated alkanes) is 15. The van der Waals surface area contributed by atoms with Crippen LogP contribution in [0.1, 0.15) is 122 Å². The van der Waals surface area contributed by atoms with E-state index < -0.39 is 13.4 Å². The number of aromatic amines is 1. The van der Waals surface area contributed by atoms with Crippen LogP contribution in [0.4, 0.5) is 5.95 Å². The van der Waals surface area contributed by atoms with Gasteiger partial charge >= 0.3 is 7.82 Å². The van der Waals surface area contributed by atoms with E-state index in [1.54, 1.807) is 4.57 Å². The number of aromatic nitrogens is 4. The highest BCUT2D eigenvalue weighted by atomic mass is 31.2. The van der Waals surface area contributed by atoms with Crippen LogP contribution in [0.25, 0.3) is 11.2 Å². The standard InChI is InChI=1S/C29H52N5O6P/c1-2-3-4-5-6-7-8-9-10-11-12-13-14-15-16-17-18-39-41(37,38)40-21-23-19-25(24(23)20-35)34-22-31-26-27(34)32-29(30)33-28(26)36/h22-25,35H,2-21H2,1H3,(H,37,38)(H3,30,32,33,36). The molecule has 4 unspecified atom stereocenters. The Morgan fingerprint density at radius 2 is 1.54 bits per heavy atom. The van der Waals surface area contributed by atoms with Gasteiger partial charge in [-0.15, -0.1) is 0 Å². The van der Waals surface area contributed by atoms with E-state index in [2.05, 4.69) is 21.9 Å². The summed E-state index contributed by atoms with van der Waals surface area (Å²) in [6.45, 7) is 2.30. The predicted octanol–water partition coefficient (Wildman–Crippen LogP) is 6.27. The van der Waals surface area contributed by atoms with Crippen molar-refractivity contribution in [2.24, 2.45) is 11.8 Å². The molecule has 0 amide bonds. The first-order chi connectivity index (χ1) is 19.9. The van der Waals surface area contributed by atoms with E-state index in [1.165, 1.54) is 89.8 Å². The van der Waals surface area contributed by atoms with Gasteiger partial charge in [0, 0.05) is 18.6 Å². The first kappa shape index (κ1) is 33.7. The van der Waals surface area contributed by atoms with E-state index in [9.17, 15) is 19.4 Å². The molecule has 41 heavy (non-hydrogen) atoms. The van der Waals surface area contributed by atoms with Gasteiger partial charge in [-0.05, 0) is 18.8 Å². The highest BCUT2D eigenvalue weighted by Gasteiger charge is 2.43. The number of phosphoric acid groups is 1. The van der Waals surface area contributed by atoms with Crippen molar-refractivity contribution in [1.82, 2.24) is 19.5 Å². The van der Waals surface area contributed by atoms with Gasteiger partial charge < -0.3 is 20.3 Å². The summed E-state index contributed by atoms with van der Waals surface area (Å²) in [7, 11) is -4.16. The van der Waals surface area contributed by atoms with Crippen LogP contribution in [-0.2, 0) is 13.6 Å². The Labute approximate surface area is 244 Å². The zero-order valence-electron chi connectivity index (χ0n) is 24.8. The lowest BCUT2D eigenvalue weighted by atomic mass is 9.70. The van der Waals surface area contributed by atoms with Gasteiger partial charge in [0.2, 0.25) is 5.95 Å². The fourth-order valence-electron chi connectivity index (χ4n) is 5.80. The molecule has 0 spiro atoms. The quantitative estimate of drug-likeness (QED) is 0.0853. The number of aliphatic hydroxyl groups excluding tert-OH is 1. The summed E-state index contributed by atoms with van der Waals surface area (Å²) in [5.74, 6) is -0.386. The van der Waals surface area contributed by atoms with Crippen molar-refractivity contribution in [2.45, 2.75) is 122 Å². The molecule has 0 bridgehead atoms. The van der Waals surface area contributed by atoms with Crippen molar-refractivity contribution in [3.05, 3.63) is 16.7 Å². The monoisotopic (exact) mass is 597 g/mol. The van der Waals surface area contributed by atoms with E-state index in [1.807, 2.05) is 0 Å². The third-order valence-corrected chi connectivity index (χ3v) is 9.35. The maximum Gasteiger partial charge on any atom is 0.472 e. The molecule has 0 saturated heterocycles. The number of nitrogens with zero attached hydrogens (tertiary/aromatic N) is 3. The van der Waals surface area contributed by atoms with Gasteiger partial charge in [-0.25, -0.2) is 9.55 Å².